The fourth-order valence-corrected chi connectivity index (χ4v) is 3.80. The second kappa shape index (κ2) is 8.71. The lowest BCUT2D eigenvalue weighted by atomic mass is 10.1. The topological polar surface area (TPSA) is 83.9 Å². The van der Waals surface area contributed by atoms with Crippen molar-refractivity contribution in [3.8, 4) is 0 Å². The second-order valence-electron chi connectivity index (χ2n) is 7.12. The summed E-state index contributed by atoms with van der Waals surface area (Å²) in [6.07, 6.45) is 0. The van der Waals surface area contributed by atoms with Gasteiger partial charge < -0.3 is 9.84 Å². The third-order valence-electron chi connectivity index (χ3n) is 5.09. The van der Waals surface area contributed by atoms with Gasteiger partial charge in [-0.1, -0.05) is 54.1 Å². The number of fused-ring (bicyclic) bond motifs is 1. The van der Waals surface area contributed by atoms with E-state index in [0.717, 1.165) is 16.0 Å². The van der Waals surface area contributed by atoms with Crippen molar-refractivity contribution in [1.82, 2.24) is 4.90 Å². The molecule has 2 amide bonds. The summed E-state index contributed by atoms with van der Waals surface area (Å²) < 4.78 is 5.86. The lowest BCUT2D eigenvalue weighted by Gasteiger charge is -2.26. The van der Waals surface area contributed by atoms with Gasteiger partial charge in [0.05, 0.1) is 35.9 Å². The Morgan fingerprint density at radius 1 is 0.935 bits per heavy atom. The molecule has 3 aromatic rings. The van der Waals surface area contributed by atoms with Crippen molar-refractivity contribution in [2.45, 2.75) is 12.6 Å². The van der Waals surface area contributed by atoms with Gasteiger partial charge in [0.25, 0.3) is 11.8 Å². The van der Waals surface area contributed by atoms with Crippen molar-refractivity contribution >= 4 is 29.4 Å². The number of carbonyl (C=O) groups excluding carboxylic acids is 2. The molecule has 0 bridgehead atoms. The number of amides is 2. The van der Waals surface area contributed by atoms with Crippen molar-refractivity contribution in [2.75, 3.05) is 6.61 Å². The van der Waals surface area contributed by atoms with Crippen LogP contribution in [-0.2, 0) is 11.3 Å². The predicted octanol–water partition coefficient (Wildman–Crippen LogP) is 4.59. The number of carboxylic acids is 1. The lowest BCUT2D eigenvalue weighted by Crippen LogP contribution is -2.36. The van der Waals surface area contributed by atoms with Gasteiger partial charge in [-0.3, -0.25) is 14.5 Å². The van der Waals surface area contributed by atoms with Gasteiger partial charge in [-0.2, -0.15) is 0 Å². The predicted molar refractivity (Wildman–Crippen MR) is 114 cm³/mol. The van der Waals surface area contributed by atoms with Crippen molar-refractivity contribution in [3.05, 3.63) is 106 Å². The van der Waals surface area contributed by atoms with Crippen LogP contribution in [0, 0.1) is 0 Å². The third kappa shape index (κ3) is 4.21. The smallest absolute Gasteiger partial charge is 0.335 e. The number of ether oxygens (including phenoxy) is 1. The summed E-state index contributed by atoms with van der Waals surface area (Å²) in [5.74, 6) is -2.17. The highest BCUT2D eigenvalue weighted by Gasteiger charge is 2.41. The zero-order valence-corrected chi connectivity index (χ0v) is 17.1. The van der Waals surface area contributed by atoms with Gasteiger partial charge in [-0.25, -0.2) is 4.79 Å². The van der Waals surface area contributed by atoms with Crippen LogP contribution < -0.4 is 0 Å². The van der Waals surface area contributed by atoms with E-state index in [9.17, 15) is 19.5 Å². The minimum Gasteiger partial charge on any atom is -0.478 e. The molecule has 156 valence electrons. The maximum Gasteiger partial charge on any atom is 0.335 e. The quantitative estimate of drug-likeness (QED) is 0.548. The minimum absolute atomic E-state index is 0.0461. The first-order valence-corrected chi connectivity index (χ1v) is 9.96. The van der Waals surface area contributed by atoms with Gasteiger partial charge in [0.1, 0.15) is 0 Å². The molecule has 31 heavy (non-hydrogen) atoms. The van der Waals surface area contributed by atoms with E-state index in [2.05, 4.69) is 0 Å². The van der Waals surface area contributed by atoms with Gasteiger partial charge in [-0.05, 0) is 41.5 Å². The molecule has 0 unspecified atom stereocenters. The first kappa shape index (κ1) is 20.8. The molecule has 0 saturated heterocycles. The van der Waals surface area contributed by atoms with Crippen molar-refractivity contribution < 1.29 is 24.2 Å². The molecule has 1 atom stereocenters. The highest BCUT2D eigenvalue weighted by molar-refractivity contribution is 6.30. The first-order valence-electron chi connectivity index (χ1n) is 9.58. The average molecular weight is 436 g/mol. The van der Waals surface area contributed by atoms with E-state index in [1.165, 1.54) is 18.2 Å². The van der Waals surface area contributed by atoms with E-state index in [0.29, 0.717) is 5.02 Å². The molecular weight excluding hydrogens is 418 g/mol. The summed E-state index contributed by atoms with van der Waals surface area (Å²) in [5, 5.41) is 9.82. The van der Waals surface area contributed by atoms with Crippen molar-refractivity contribution in [3.63, 3.8) is 0 Å². The Hall–Kier alpha value is -3.48. The second-order valence-corrected chi connectivity index (χ2v) is 7.55. The SMILES string of the molecule is O=C(O)c1ccc2c(c1)C(=O)N([C@H](COCc1cccc(Cl)c1)c1ccccc1)C2=O. The minimum atomic E-state index is -1.16. The van der Waals surface area contributed by atoms with E-state index in [-0.39, 0.29) is 29.9 Å². The van der Waals surface area contributed by atoms with Crippen molar-refractivity contribution in [2.24, 2.45) is 0 Å². The normalized spacial score (nSPS) is 13.9. The summed E-state index contributed by atoms with van der Waals surface area (Å²) in [7, 11) is 0. The molecule has 0 fully saturated rings. The van der Waals surface area contributed by atoms with E-state index < -0.39 is 23.8 Å². The third-order valence-corrected chi connectivity index (χ3v) is 5.33. The fraction of sp³-hybridized carbons (Fsp3) is 0.125. The van der Waals surface area contributed by atoms with Crippen LogP contribution in [0.3, 0.4) is 0 Å². The molecule has 1 aliphatic rings. The fourth-order valence-electron chi connectivity index (χ4n) is 3.59. The van der Waals surface area contributed by atoms with Crippen LogP contribution in [-0.4, -0.2) is 34.4 Å². The zero-order chi connectivity index (χ0) is 22.0. The molecule has 0 saturated carbocycles. The number of rotatable bonds is 7. The maximum absolute atomic E-state index is 13.1. The molecule has 1 N–H and O–H groups in total. The van der Waals surface area contributed by atoms with E-state index in [1.807, 2.05) is 42.5 Å². The molecule has 7 heteroatoms. The number of imide groups is 1. The summed E-state index contributed by atoms with van der Waals surface area (Å²) in [6, 6.07) is 19.6. The van der Waals surface area contributed by atoms with E-state index in [4.69, 9.17) is 16.3 Å². The lowest BCUT2D eigenvalue weighted by molar-refractivity contribution is 0.0359. The van der Waals surface area contributed by atoms with Crippen molar-refractivity contribution in [1.29, 1.82) is 0 Å². The molecule has 1 heterocycles. The van der Waals surface area contributed by atoms with Crippen LogP contribution in [0.2, 0.25) is 5.02 Å². The molecule has 4 rings (SSSR count). The Labute approximate surface area is 183 Å². The Morgan fingerprint density at radius 3 is 2.39 bits per heavy atom. The van der Waals surface area contributed by atoms with E-state index in [1.54, 1.807) is 12.1 Å². The number of aromatic carboxylic acids is 1. The van der Waals surface area contributed by atoms with Crippen LogP contribution in [0.25, 0.3) is 0 Å². The molecule has 0 radical (unpaired) electrons. The van der Waals surface area contributed by atoms with E-state index >= 15 is 0 Å². The van der Waals surface area contributed by atoms with Crippen LogP contribution in [0.15, 0.2) is 72.8 Å². The average Bonchev–Trinajstić information content (AvgIpc) is 3.02. The highest BCUT2D eigenvalue weighted by Crippen LogP contribution is 2.32. The number of halogens is 1. The van der Waals surface area contributed by atoms with Crippen LogP contribution in [0.5, 0.6) is 0 Å². The first-order chi connectivity index (χ1) is 15.0. The number of hydrogen-bond acceptors (Lipinski definition) is 4. The van der Waals surface area contributed by atoms with Crippen LogP contribution >= 0.6 is 11.6 Å². The van der Waals surface area contributed by atoms with Gasteiger partial charge in [0, 0.05) is 5.02 Å². The Kier molecular flexibility index (Phi) is 5.84. The highest BCUT2D eigenvalue weighted by atomic mass is 35.5. The maximum atomic E-state index is 13.1. The Bertz CT molecular complexity index is 1160. The summed E-state index contributed by atoms with van der Waals surface area (Å²) in [6.45, 7) is 0.337. The largest absolute Gasteiger partial charge is 0.478 e. The van der Waals surface area contributed by atoms with Gasteiger partial charge in [0.15, 0.2) is 0 Å². The molecule has 0 spiro atoms. The summed E-state index contributed by atoms with van der Waals surface area (Å²) >= 11 is 6.02. The molecule has 3 aromatic carbocycles. The molecular formula is C24H18ClNO5. The Morgan fingerprint density at radius 2 is 1.68 bits per heavy atom. The number of hydrogen-bond donors (Lipinski definition) is 1. The number of carbonyl (C=O) groups is 3. The molecule has 0 aliphatic carbocycles. The number of nitrogens with zero attached hydrogens (tertiary/aromatic N) is 1. The van der Waals surface area contributed by atoms with Crippen LogP contribution in [0.4, 0.5) is 0 Å². The van der Waals surface area contributed by atoms with Gasteiger partial charge in [0.2, 0.25) is 0 Å². The zero-order valence-electron chi connectivity index (χ0n) is 16.3. The van der Waals surface area contributed by atoms with Gasteiger partial charge in [-0.15, -0.1) is 0 Å². The summed E-state index contributed by atoms with van der Waals surface area (Å²) in [4.78, 5) is 38.6. The number of carboxylic acid groups (broad SMARTS) is 1. The van der Waals surface area contributed by atoms with Gasteiger partial charge >= 0.3 is 5.97 Å². The molecule has 0 aromatic heterocycles. The summed E-state index contributed by atoms with van der Waals surface area (Å²) in [5.41, 5.74) is 1.83. The number of benzene rings is 3. The monoisotopic (exact) mass is 435 g/mol. The molecule has 1 aliphatic heterocycles. The standard InChI is InChI=1S/C24H18ClNO5/c25-18-8-4-5-15(11-18)13-31-14-21(16-6-2-1-3-7-16)26-22(27)19-10-9-17(24(29)30)12-20(19)23(26)28/h1-12,21H,13-14H2,(H,29,30)/t21-/m1/s1. The Balaban J connectivity index is 1.61. The molecule has 6 nitrogen and oxygen atoms in total. The van der Waals surface area contributed by atoms with Crippen LogP contribution in [0.1, 0.15) is 48.2 Å².